The lowest BCUT2D eigenvalue weighted by Gasteiger charge is -2.03. The first-order valence-electron chi connectivity index (χ1n) is 3.46. The minimum absolute atomic E-state index is 0.507. The summed E-state index contributed by atoms with van der Waals surface area (Å²) in [6, 6.07) is 1.74. The Labute approximate surface area is 72.8 Å². The average molecular weight is 187 g/mol. The van der Waals surface area contributed by atoms with E-state index in [-0.39, 0.29) is 0 Å². The largest absolute Gasteiger partial charge is 0.505 e. The Morgan fingerprint density at radius 3 is 2.62 bits per heavy atom. The van der Waals surface area contributed by atoms with E-state index in [0.717, 1.165) is 12.1 Å². The van der Waals surface area contributed by atoms with E-state index in [1.165, 1.54) is 0 Å². The van der Waals surface area contributed by atoms with Crippen LogP contribution in [-0.2, 0) is 11.2 Å². The average Bonchev–Trinajstić information content (AvgIpc) is 2.05. The number of nitrogens with two attached hydrogens (primary N) is 1. The Hall–Kier alpha value is -1.65. The fourth-order valence-corrected chi connectivity index (χ4v) is 0.922. The second-order valence-corrected chi connectivity index (χ2v) is 2.50. The van der Waals surface area contributed by atoms with Crippen LogP contribution in [0.3, 0.4) is 0 Å². The molecule has 0 saturated carbocycles. The summed E-state index contributed by atoms with van der Waals surface area (Å²) in [6.07, 6.45) is -0.563. The Kier molecular flexibility index (Phi) is 2.46. The molecule has 0 aliphatic carbocycles. The molecule has 0 bridgehead atoms. The highest BCUT2D eigenvalue weighted by Gasteiger charge is 2.14. The molecular weight excluding hydrogens is 180 g/mol. The molecule has 0 fully saturated rings. The zero-order valence-electron chi connectivity index (χ0n) is 6.55. The SMILES string of the molecule is NC(=O)Cc1c(F)ccc(O)c1F. The number of rotatable bonds is 2. The van der Waals surface area contributed by atoms with Gasteiger partial charge in [0, 0.05) is 5.56 Å². The van der Waals surface area contributed by atoms with Gasteiger partial charge in [-0.1, -0.05) is 0 Å². The lowest BCUT2D eigenvalue weighted by atomic mass is 10.1. The molecule has 70 valence electrons. The van der Waals surface area contributed by atoms with Gasteiger partial charge in [0.25, 0.3) is 0 Å². The van der Waals surface area contributed by atoms with Crippen molar-refractivity contribution < 1.29 is 18.7 Å². The summed E-state index contributed by atoms with van der Waals surface area (Å²) >= 11 is 0. The van der Waals surface area contributed by atoms with Gasteiger partial charge in [-0.15, -0.1) is 0 Å². The van der Waals surface area contributed by atoms with Gasteiger partial charge in [-0.05, 0) is 12.1 Å². The van der Waals surface area contributed by atoms with Crippen molar-refractivity contribution in [1.82, 2.24) is 0 Å². The molecule has 0 unspecified atom stereocenters. The lowest BCUT2D eigenvalue weighted by Crippen LogP contribution is -2.15. The van der Waals surface area contributed by atoms with Crippen LogP contribution in [-0.4, -0.2) is 11.0 Å². The summed E-state index contributed by atoms with van der Waals surface area (Å²) in [5.74, 6) is -3.59. The fraction of sp³-hybridized carbons (Fsp3) is 0.125. The molecule has 0 aliphatic heterocycles. The van der Waals surface area contributed by atoms with Gasteiger partial charge in [0.1, 0.15) is 5.82 Å². The summed E-state index contributed by atoms with van der Waals surface area (Å²) in [7, 11) is 0. The highest BCUT2D eigenvalue weighted by molar-refractivity contribution is 5.76. The summed E-state index contributed by atoms with van der Waals surface area (Å²) in [5.41, 5.74) is 4.25. The second kappa shape index (κ2) is 3.38. The summed E-state index contributed by atoms with van der Waals surface area (Å²) in [5, 5.41) is 8.84. The normalized spacial score (nSPS) is 10.0. The molecule has 0 radical (unpaired) electrons. The predicted octanol–water partition coefficient (Wildman–Crippen LogP) is 0.698. The number of hydrogen-bond donors (Lipinski definition) is 2. The van der Waals surface area contributed by atoms with E-state index in [0.29, 0.717) is 0 Å². The van der Waals surface area contributed by atoms with E-state index in [1.807, 2.05) is 0 Å². The molecule has 0 atom stereocenters. The number of carbonyl (C=O) groups is 1. The van der Waals surface area contributed by atoms with Gasteiger partial charge in [-0.2, -0.15) is 0 Å². The zero-order chi connectivity index (χ0) is 10.0. The van der Waals surface area contributed by atoms with Crippen LogP contribution in [0.5, 0.6) is 5.75 Å². The molecule has 0 spiro atoms. The Balaban J connectivity index is 3.17. The lowest BCUT2D eigenvalue weighted by molar-refractivity contribution is -0.117. The van der Waals surface area contributed by atoms with Crippen molar-refractivity contribution >= 4 is 5.91 Å². The number of primary amides is 1. The maximum absolute atomic E-state index is 12.9. The van der Waals surface area contributed by atoms with Crippen molar-refractivity contribution in [2.75, 3.05) is 0 Å². The highest BCUT2D eigenvalue weighted by Crippen LogP contribution is 2.21. The van der Waals surface area contributed by atoms with Gasteiger partial charge in [-0.3, -0.25) is 4.79 Å². The van der Waals surface area contributed by atoms with Crippen LogP contribution >= 0.6 is 0 Å². The number of carbonyl (C=O) groups excluding carboxylic acids is 1. The van der Waals surface area contributed by atoms with Gasteiger partial charge >= 0.3 is 0 Å². The Morgan fingerprint density at radius 1 is 1.46 bits per heavy atom. The van der Waals surface area contributed by atoms with Crippen LogP contribution in [0.1, 0.15) is 5.56 Å². The van der Waals surface area contributed by atoms with Crippen molar-refractivity contribution in [1.29, 1.82) is 0 Å². The van der Waals surface area contributed by atoms with Crippen LogP contribution in [0, 0.1) is 11.6 Å². The maximum atomic E-state index is 12.9. The van der Waals surface area contributed by atoms with Gasteiger partial charge in [-0.25, -0.2) is 8.78 Å². The monoisotopic (exact) mass is 187 g/mol. The van der Waals surface area contributed by atoms with Crippen molar-refractivity contribution in [3.8, 4) is 5.75 Å². The van der Waals surface area contributed by atoms with Crippen LogP contribution < -0.4 is 5.73 Å². The molecular formula is C8H7F2NO2. The van der Waals surface area contributed by atoms with Crippen molar-refractivity contribution in [2.24, 2.45) is 5.73 Å². The molecule has 1 rings (SSSR count). The molecule has 1 aromatic carbocycles. The van der Waals surface area contributed by atoms with Crippen LogP contribution in [0.4, 0.5) is 8.78 Å². The van der Waals surface area contributed by atoms with Crippen LogP contribution in [0.2, 0.25) is 0 Å². The zero-order valence-corrected chi connectivity index (χ0v) is 6.55. The summed E-state index contributed by atoms with van der Waals surface area (Å²) in [6.45, 7) is 0. The van der Waals surface area contributed by atoms with Crippen LogP contribution in [0.25, 0.3) is 0 Å². The van der Waals surface area contributed by atoms with Gasteiger partial charge in [0.15, 0.2) is 11.6 Å². The summed E-state index contributed by atoms with van der Waals surface area (Å²) < 4.78 is 25.8. The molecule has 1 amide bonds. The Bertz CT molecular complexity index is 352. The van der Waals surface area contributed by atoms with E-state index in [1.54, 1.807) is 0 Å². The molecule has 13 heavy (non-hydrogen) atoms. The highest BCUT2D eigenvalue weighted by atomic mass is 19.1. The molecule has 5 heteroatoms. The number of phenols is 1. The molecule has 0 aliphatic rings. The van der Waals surface area contributed by atoms with E-state index < -0.39 is 35.3 Å². The number of amides is 1. The number of halogens is 2. The molecule has 0 heterocycles. The van der Waals surface area contributed by atoms with Gasteiger partial charge < -0.3 is 10.8 Å². The summed E-state index contributed by atoms with van der Waals surface area (Å²) in [4.78, 5) is 10.4. The molecule has 0 saturated heterocycles. The van der Waals surface area contributed by atoms with E-state index in [9.17, 15) is 13.6 Å². The first kappa shape index (κ1) is 9.44. The van der Waals surface area contributed by atoms with Crippen molar-refractivity contribution in [3.05, 3.63) is 29.3 Å². The predicted molar refractivity (Wildman–Crippen MR) is 40.9 cm³/mol. The number of hydrogen-bond acceptors (Lipinski definition) is 2. The van der Waals surface area contributed by atoms with Gasteiger partial charge in [0.05, 0.1) is 6.42 Å². The third kappa shape index (κ3) is 1.93. The third-order valence-electron chi connectivity index (χ3n) is 1.52. The minimum atomic E-state index is -1.14. The van der Waals surface area contributed by atoms with E-state index in [2.05, 4.69) is 0 Å². The van der Waals surface area contributed by atoms with Crippen LogP contribution in [0.15, 0.2) is 12.1 Å². The fourth-order valence-electron chi connectivity index (χ4n) is 0.922. The smallest absolute Gasteiger partial charge is 0.222 e. The topological polar surface area (TPSA) is 63.3 Å². The van der Waals surface area contributed by atoms with Gasteiger partial charge in [0.2, 0.25) is 5.91 Å². The first-order valence-corrected chi connectivity index (χ1v) is 3.46. The van der Waals surface area contributed by atoms with E-state index in [4.69, 9.17) is 10.8 Å². The Morgan fingerprint density at radius 2 is 2.08 bits per heavy atom. The molecule has 3 nitrogen and oxygen atoms in total. The molecule has 1 aromatic rings. The quantitative estimate of drug-likeness (QED) is 0.715. The number of benzene rings is 1. The van der Waals surface area contributed by atoms with Crippen molar-refractivity contribution in [3.63, 3.8) is 0 Å². The third-order valence-corrected chi connectivity index (χ3v) is 1.52. The van der Waals surface area contributed by atoms with E-state index >= 15 is 0 Å². The maximum Gasteiger partial charge on any atom is 0.222 e. The molecule has 0 aromatic heterocycles. The minimum Gasteiger partial charge on any atom is -0.505 e. The number of phenolic OH excluding ortho intramolecular Hbond substituents is 1. The van der Waals surface area contributed by atoms with Crippen molar-refractivity contribution in [2.45, 2.75) is 6.42 Å². The standard InChI is InChI=1S/C8H7F2NO2/c9-5-1-2-6(12)8(10)4(5)3-7(11)13/h1-2,12H,3H2,(H2,11,13). The second-order valence-electron chi connectivity index (χ2n) is 2.50. The first-order chi connectivity index (χ1) is 6.02. The molecule has 3 N–H and O–H groups in total. The number of aromatic hydroxyl groups is 1.